The van der Waals surface area contributed by atoms with Crippen LogP contribution in [0.3, 0.4) is 0 Å². The number of hydrogen-bond donors (Lipinski definition) is 0. The van der Waals surface area contributed by atoms with Crippen molar-refractivity contribution in [2.24, 2.45) is 10.2 Å². The summed E-state index contributed by atoms with van der Waals surface area (Å²) in [6.07, 6.45) is 0.334. The number of nitro benzene ring substituents is 1. The van der Waals surface area contributed by atoms with Gasteiger partial charge in [0.1, 0.15) is 12.3 Å². The molecule has 2 aromatic carbocycles. The van der Waals surface area contributed by atoms with Crippen molar-refractivity contribution in [3.05, 3.63) is 57.6 Å². The SMILES string of the molecule is CC(=O)OCCN(CCC#N)c1ccc(N=Nc2ccc([N+](=O)[O-])cc2Cl)cc1. The maximum Gasteiger partial charge on any atom is 0.302 e. The number of ether oxygens (including phenoxy) is 1. The molecular formula is C19H18ClN5O4. The van der Waals surface area contributed by atoms with Gasteiger partial charge in [-0.2, -0.15) is 10.4 Å². The van der Waals surface area contributed by atoms with E-state index in [9.17, 15) is 14.9 Å². The van der Waals surface area contributed by atoms with Gasteiger partial charge in [-0.15, -0.1) is 5.11 Å². The molecule has 0 atom stereocenters. The molecule has 0 N–H and O–H groups in total. The Morgan fingerprint density at radius 1 is 1.24 bits per heavy atom. The first-order valence-corrected chi connectivity index (χ1v) is 8.99. The fourth-order valence-corrected chi connectivity index (χ4v) is 2.60. The summed E-state index contributed by atoms with van der Waals surface area (Å²) in [5, 5.41) is 27.8. The van der Waals surface area contributed by atoms with Crippen LogP contribution in [-0.2, 0) is 9.53 Å². The first-order valence-electron chi connectivity index (χ1n) is 8.61. The van der Waals surface area contributed by atoms with E-state index in [1.807, 2.05) is 17.0 Å². The smallest absolute Gasteiger partial charge is 0.302 e. The van der Waals surface area contributed by atoms with E-state index >= 15 is 0 Å². The van der Waals surface area contributed by atoms with Crippen molar-refractivity contribution >= 4 is 40.3 Å². The van der Waals surface area contributed by atoms with Gasteiger partial charge >= 0.3 is 5.97 Å². The molecule has 0 unspecified atom stereocenters. The maximum absolute atomic E-state index is 10.9. The number of esters is 1. The van der Waals surface area contributed by atoms with Crippen molar-refractivity contribution in [2.45, 2.75) is 13.3 Å². The second-order valence-corrected chi connectivity index (χ2v) is 6.25. The van der Waals surface area contributed by atoms with E-state index in [1.165, 1.54) is 25.1 Å². The number of benzene rings is 2. The maximum atomic E-state index is 10.9. The summed E-state index contributed by atoms with van der Waals surface area (Å²) < 4.78 is 4.97. The number of non-ortho nitro benzene ring substituents is 1. The van der Waals surface area contributed by atoms with Gasteiger partial charge in [-0.05, 0) is 30.3 Å². The van der Waals surface area contributed by atoms with Crippen LogP contribution in [0.15, 0.2) is 52.7 Å². The average Bonchev–Trinajstić information content (AvgIpc) is 2.69. The van der Waals surface area contributed by atoms with E-state index < -0.39 is 4.92 Å². The third-order valence-corrected chi connectivity index (χ3v) is 4.09. The van der Waals surface area contributed by atoms with Crippen molar-refractivity contribution < 1.29 is 14.5 Å². The monoisotopic (exact) mass is 415 g/mol. The van der Waals surface area contributed by atoms with E-state index in [0.29, 0.717) is 30.9 Å². The lowest BCUT2D eigenvalue weighted by Gasteiger charge is -2.23. The van der Waals surface area contributed by atoms with Crippen LogP contribution in [0.1, 0.15) is 13.3 Å². The number of nitrogens with zero attached hydrogens (tertiary/aromatic N) is 5. The number of hydrogen-bond acceptors (Lipinski definition) is 8. The fraction of sp³-hybridized carbons (Fsp3) is 0.263. The molecule has 0 bridgehead atoms. The molecule has 0 amide bonds. The first-order chi connectivity index (χ1) is 13.9. The topological polar surface area (TPSA) is 121 Å². The number of carbonyl (C=O) groups excluding carboxylic acids is 1. The minimum Gasteiger partial charge on any atom is -0.464 e. The first kappa shape index (κ1) is 21.8. The predicted octanol–water partition coefficient (Wildman–Crippen LogP) is 4.95. The summed E-state index contributed by atoms with van der Waals surface area (Å²) in [7, 11) is 0. The lowest BCUT2D eigenvalue weighted by molar-refractivity contribution is -0.384. The van der Waals surface area contributed by atoms with Gasteiger partial charge < -0.3 is 9.64 Å². The highest BCUT2D eigenvalue weighted by Gasteiger charge is 2.10. The Hall–Kier alpha value is -3.51. The van der Waals surface area contributed by atoms with E-state index in [4.69, 9.17) is 21.6 Å². The Balaban J connectivity index is 2.09. The van der Waals surface area contributed by atoms with E-state index in [0.717, 1.165) is 5.69 Å². The molecule has 0 aliphatic heterocycles. The summed E-state index contributed by atoms with van der Waals surface area (Å²) in [5.41, 5.74) is 1.60. The Morgan fingerprint density at radius 2 is 1.97 bits per heavy atom. The van der Waals surface area contributed by atoms with Crippen molar-refractivity contribution in [1.82, 2.24) is 0 Å². The van der Waals surface area contributed by atoms with Crippen LogP contribution in [0.5, 0.6) is 0 Å². The van der Waals surface area contributed by atoms with Crippen LogP contribution in [0.25, 0.3) is 0 Å². The number of azo groups is 1. The largest absolute Gasteiger partial charge is 0.464 e. The van der Waals surface area contributed by atoms with E-state index in [1.54, 1.807) is 12.1 Å². The molecular weight excluding hydrogens is 398 g/mol. The molecule has 10 heteroatoms. The molecule has 0 aliphatic rings. The molecule has 0 spiro atoms. The summed E-state index contributed by atoms with van der Waals surface area (Å²) in [4.78, 5) is 23.1. The fourth-order valence-electron chi connectivity index (χ4n) is 2.39. The van der Waals surface area contributed by atoms with Gasteiger partial charge in [-0.25, -0.2) is 0 Å². The summed E-state index contributed by atoms with van der Waals surface area (Å²) in [6.45, 7) is 2.52. The summed E-state index contributed by atoms with van der Waals surface area (Å²) >= 11 is 6.00. The van der Waals surface area contributed by atoms with Crippen molar-refractivity contribution in [3.63, 3.8) is 0 Å². The van der Waals surface area contributed by atoms with Crippen molar-refractivity contribution in [2.75, 3.05) is 24.6 Å². The zero-order valence-electron chi connectivity index (χ0n) is 15.6. The third-order valence-electron chi connectivity index (χ3n) is 3.79. The lowest BCUT2D eigenvalue weighted by Crippen LogP contribution is -2.28. The van der Waals surface area contributed by atoms with Crippen LogP contribution in [0, 0.1) is 21.4 Å². The Labute approximate surface area is 172 Å². The number of carbonyl (C=O) groups is 1. The molecule has 0 fully saturated rings. The summed E-state index contributed by atoms with van der Waals surface area (Å²) in [6, 6.07) is 13.2. The molecule has 2 rings (SSSR count). The summed E-state index contributed by atoms with van der Waals surface area (Å²) in [5.74, 6) is -0.356. The lowest BCUT2D eigenvalue weighted by atomic mass is 10.2. The van der Waals surface area contributed by atoms with Crippen molar-refractivity contribution in [3.8, 4) is 6.07 Å². The number of nitriles is 1. The predicted molar refractivity (Wildman–Crippen MR) is 108 cm³/mol. The highest BCUT2D eigenvalue weighted by Crippen LogP contribution is 2.30. The number of halogens is 1. The molecule has 0 saturated heterocycles. The third kappa shape index (κ3) is 6.86. The Kier molecular flexibility index (Phi) is 8.06. The molecule has 150 valence electrons. The molecule has 0 aliphatic carbocycles. The second kappa shape index (κ2) is 10.7. The van der Waals surface area contributed by atoms with Gasteiger partial charge in [0.2, 0.25) is 0 Å². The van der Waals surface area contributed by atoms with Gasteiger partial charge in [0.15, 0.2) is 0 Å². The zero-order valence-corrected chi connectivity index (χ0v) is 16.4. The van der Waals surface area contributed by atoms with Crippen LogP contribution < -0.4 is 4.90 Å². The normalized spacial score (nSPS) is 10.5. The molecule has 0 radical (unpaired) electrons. The number of nitro groups is 1. The van der Waals surface area contributed by atoms with Gasteiger partial charge in [0, 0.05) is 31.3 Å². The van der Waals surface area contributed by atoms with Crippen LogP contribution in [-0.4, -0.2) is 30.6 Å². The van der Waals surface area contributed by atoms with Crippen molar-refractivity contribution in [1.29, 1.82) is 5.26 Å². The van der Waals surface area contributed by atoms with Gasteiger partial charge in [0.25, 0.3) is 5.69 Å². The minimum atomic E-state index is -0.537. The quantitative estimate of drug-likeness (QED) is 0.247. The molecule has 0 heterocycles. The van der Waals surface area contributed by atoms with Crippen LogP contribution in [0.2, 0.25) is 5.02 Å². The van der Waals surface area contributed by atoms with Gasteiger partial charge in [-0.1, -0.05) is 11.6 Å². The molecule has 9 nitrogen and oxygen atoms in total. The molecule has 0 saturated carbocycles. The van der Waals surface area contributed by atoms with E-state index in [-0.39, 0.29) is 23.3 Å². The van der Waals surface area contributed by atoms with Gasteiger partial charge in [0.05, 0.1) is 34.7 Å². The molecule has 2 aromatic rings. The highest BCUT2D eigenvalue weighted by molar-refractivity contribution is 6.33. The van der Waals surface area contributed by atoms with Gasteiger partial charge in [-0.3, -0.25) is 14.9 Å². The standard InChI is InChI=1S/C19H18ClN5O4/c1-14(26)29-12-11-24(10-2-9-21)16-5-3-15(4-6-16)22-23-19-8-7-17(25(27)28)13-18(19)20/h3-8,13H,2,10-12H2,1H3. The highest BCUT2D eigenvalue weighted by atomic mass is 35.5. The van der Waals surface area contributed by atoms with Crippen LogP contribution >= 0.6 is 11.6 Å². The number of anilines is 1. The molecule has 29 heavy (non-hydrogen) atoms. The average molecular weight is 416 g/mol. The van der Waals surface area contributed by atoms with Crippen LogP contribution in [0.4, 0.5) is 22.7 Å². The molecule has 0 aromatic heterocycles. The number of rotatable bonds is 9. The zero-order chi connectivity index (χ0) is 21.2. The Bertz CT molecular complexity index is 941. The second-order valence-electron chi connectivity index (χ2n) is 5.84. The minimum absolute atomic E-state index is 0.121. The Morgan fingerprint density at radius 3 is 2.55 bits per heavy atom. The van der Waals surface area contributed by atoms with E-state index in [2.05, 4.69) is 16.3 Å².